The van der Waals surface area contributed by atoms with E-state index in [1.165, 1.54) is 0 Å². The van der Waals surface area contributed by atoms with E-state index < -0.39 is 11.8 Å². The molecule has 0 saturated carbocycles. The molecule has 0 aliphatic heterocycles. The average Bonchev–Trinajstić information content (AvgIpc) is 2.64. The molecule has 7 heteroatoms. The highest BCUT2D eigenvalue weighted by Gasteiger charge is 2.05. The first-order chi connectivity index (χ1) is 12.1. The summed E-state index contributed by atoms with van der Waals surface area (Å²) < 4.78 is 2.70. The molecular weight excluding hydrogens is 336 g/mol. The number of hydrogen-bond donors (Lipinski definition) is 4. The summed E-state index contributed by atoms with van der Waals surface area (Å²) in [6.45, 7) is 1.95. The summed E-state index contributed by atoms with van der Waals surface area (Å²) in [5, 5.41) is 8.71. The first-order valence-electron chi connectivity index (χ1n) is 7.72. The predicted molar refractivity (Wildman–Crippen MR) is 107 cm³/mol. The average molecular weight is 358 g/mol. The number of amidine groups is 2. The summed E-state index contributed by atoms with van der Waals surface area (Å²) in [7, 11) is 0. The van der Waals surface area contributed by atoms with Gasteiger partial charge in [-0.15, -0.1) is 0 Å². The SMILES string of the molecule is CCCC(=Nc1ccc(NS)cc1)N=C(N)C(=O)O.c1ccccc1. The number of nitrogens with one attached hydrogen (secondary N) is 1. The van der Waals surface area contributed by atoms with Gasteiger partial charge in [-0.25, -0.2) is 14.8 Å². The molecule has 0 heterocycles. The molecule has 2 rings (SSSR count). The fraction of sp³-hybridized carbons (Fsp3) is 0.167. The van der Waals surface area contributed by atoms with E-state index in [4.69, 9.17) is 10.8 Å². The lowest BCUT2D eigenvalue weighted by atomic mass is 10.3. The van der Waals surface area contributed by atoms with Gasteiger partial charge >= 0.3 is 5.97 Å². The Kier molecular flexibility index (Phi) is 9.47. The van der Waals surface area contributed by atoms with Gasteiger partial charge in [-0.1, -0.05) is 56.1 Å². The largest absolute Gasteiger partial charge is 0.475 e. The normalized spacial score (nSPS) is 11.3. The lowest BCUT2D eigenvalue weighted by molar-refractivity contribution is -0.129. The fourth-order valence-electron chi connectivity index (χ4n) is 1.69. The van der Waals surface area contributed by atoms with E-state index in [0.29, 0.717) is 17.9 Å². The molecule has 0 saturated heterocycles. The van der Waals surface area contributed by atoms with Crippen LogP contribution in [0.4, 0.5) is 11.4 Å². The van der Waals surface area contributed by atoms with Gasteiger partial charge in [-0.2, -0.15) is 0 Å². The molecule has 0 aromatic heterocycles. The molecule has 132 valence electrons. The van der Waals surface area contributed by atoms with Crippen molar-refractivity contribution in [2.45, 2.75) is 19.8 Å². The Morgan fingerprint density at radius 1 is 1.12 bits per heavy atom. The third-order valence-electron chi connectivity index (χ3n) is 2.86. The van der Waals surface area contributed by atoms with Gasteiger partial charge in [-0.3, -0.25) is 0 Å². The number of nitrogens with two attached hydrogens (primary N) is 1. The van der Waals surface area contributed by atoms with Crippen LogP contribution in [0.1, 0.15) is 19.8 Å². The van der Waals surface area contributed by atoms with E-state index in [0.717, 1.165) is 12.1 Å². The molecule has 0 unspecified atom stereocenters. The number of aliphatic imine (C=N–C) groups is 2. The van der Waals surface area contributed by atoms with Crippen LogP contribution in [-0.4, -0.2) is 22.7 Å². The molecule has 4 N–H and O–H groups in total. The third kappa shape index (κ3) is 8.57. The van der Waals surface area contributed by atoms with Crippen LogP contribution in [0.3, 0.4) is 0 Å². The van der Waals surface area contributed by atoms with Gasteiger partial charge in [0.25, 0.3) is 0 Å². The number of carbonyl (C=O) groups is 1. The summed E-state index contributed by atoms with van der Waals surface area (Å²) in [5.74, 6) is -1.31. The second-order valence-corrected chi connectivity index (χ2v) is 5.12. The number of hydrogen-bond acceptors (Lipinski definition) is 4. The second-order valence-electron chi connectivity index (χ2n) is 4.89. The Balaban J connectivity index is 0.000000435. The first-order valence-corrected chi connectivity index (χ1v) is 8.16. The summed E-state index contributed by atoms with van der Waals surface area (Å²) in [4.78, 5) is 18.7. The number of benzene rings is 2. The van der Waals surface area contributed by atoms with Gasteiger partial charge in [-0.05, 0) is 30.7 Å². The van der Waals surface area contributed by atoms with E-state index in [-0.39, 0.29) is 0 Å². The van der Waals surface area contributed by atoms with Gasteiger partial charge in [0, 0.05) is 12.1 Å². The van der Waals surface area contributed by atoms with E-state index in [2.05, 4.69) is 27.5 Å². The standard InChI is InChI=1S/C12H16N4O2S.C6H6/c1-2-3-10(15-11(13)12(17)18)14-8-4-6-9(16-19)7-5-8;1-2-4-6-5-3-1/h4-7,16,19H,2-3H2,1H3,(H,17,18)(H2,13,14,15);1-6H. The molecule has 0 radical (unpaired) electrons. The Morgan fingerprint density at radius 3 is 2.04 bits per heavy atom. The number of anilines is 1. The number of carboxylic acid groups (broad SMARTS) is 1. The monoisotopic (exact) mass is 358 g/mol. The summed E-state index contributed by atoms with van der Waals surface area (Å²) in [5.41, 5.74) is 6.82. The van der Waals surface area contributed by atoms with Crippen LogP contribution in [0, 0.1) is 0 Å². The van der Waals surface area contributed by atoms with Gasteiger partial charge in [0.05, 0.1) is 5.69 Å². The molecule has 2 aromatic rings. The van der Waals surface area contributed by atoms with Gasteiger partial charge in [0.15, 0.2) is 0 Å². The Morgan fingerprint density at radius 2 is 1.64 bits per heavy atom. The van der Waals surface area contributed by atoms with Gasteiger partial charge in [0.2, 0.25) is 5.84 Å². The van der Waals surface area contributed by atoms with E-state index >= 15 is 0 Å². The molecule has 6 nitrogen and oxygen atoms in total. The van der Waals surface area contributed by atoms with Crippen molar-refractivity contribution in [3.63, 3.8) is 0 Å². The van der Waals surface area contributed by atoms with Crippen molar-refractivity contribution >= 4 is 41.8 Å². The number of rotatable bonds is 4. The summed E-state index contributed by atoms with van der Waals surface area (Å²) in [6, 6.07) is 19.2. The van der Waals surface area contributed by atoms with Crippen molar-refractivity contribution in [3.8, 4) is 0 Å². The zero-order chi connectivity index (χ0) is 18.5. The number of carboxylic acids is 1. The van der Waals surface area contributed by atoms with Crippen LogP contribution in [0.5, 0.6) is 0 Å². The van der Waals surface area contributed by atoms with Crippen LogP contribution >= 0.6 is 12.8 Å². The van der Waals surface area contributed by atoms with Crippen LogP contribution < -0.4 is 10.5 Å². The molecule has 0 aliphatic carbocycles. The van der Waals surface area contributed by atoms with Gasteiger partial charge in [0.1, 0.15) is 5.84 Å². The minimum absolute atomic E-state index is 0.397. The number of nitrogens with zero attached hydrogens (tertiary/aromatic N) is 2. The van der Waals surface area contributed by atoms with Crippen LogP contribution in [0.2, 0.25) is 0 Å². The highest BCUT2D eigenvalue weighted by molar-refractivity contribution is 7.81. The van der Waals surface area contributed by atoms with Crippen molar-refractivity contribution in [3.05, 3.63) is 60.7 Å². The van der Waals surface area contributed by atoms with E-state index in [1.807, 2.05) is 43.3 Å². The number of aliphatic carboxylic acids is 1. The quantitative estimate of drug-likeness (QED) is 0.378. The predicted octanol–water partition coefficient (Wildman–Crippen LogP) is 3.90. The van der Waals surface area contributed by atoms with Crippen molar-refractivity contribution in [1.82, 2.24) is 0 Å². The van der Waals surface area contributed by atoms with Crippen molar-refractivity contribution in [1.29, 1.82) is 0 Å². The third-order valence-corrected chi connectivity index (χ3v) is 3.12. The molecule has 0 bridgehead atoms. The molecule has 0 spiro atoms. The maximum Gasteiger partial charge on any atom is 0.371 e. The minimum Gasteiger partial charge on any atom is -0.475 e. The Bertz CT molecular complexity index is 674. The molecular formula is C18H22N4O2S. The second kappa shape index (κ2) is 11.7. The van der Waals surface area contributed by atoms with Crippen LogP contribution in [-0.2, 0) is 4.79 Å². The first kappa shape index (κ1) is 20.2. The maximum atomic E-state index is 10.6. The van der Waals surface area contributed by atoms with Crippen LogP contribution in [0.25, 0.3) is 0 Å². The fourth-order valence-corrected chi connectivity index (χ4v) is 1.84. The van der Waals surface area contributed by atoms with Crippen LogP contribution in [0.15, 0.2) is 70.6 Å². The summed E-state index contributed by atoms with van der Waals surface area (Å²) >= 11 is 3.93. The molecule has 0 amide bonds. The van der Waals surface area contributed by atoms with Gasteiger partial charge < -0.3 is 15.6 Å². The Hall–Kier alpha value is -2.80. The minimum atomic E-state index is -1.25. The lowest BCUT2D eigenvalue weighted by Crippen LogP contribution is -2.24. The lowest BCUT2D eigenvalue weighted by Gasteiger charge is -2.02. The molecule has 25 heavy (non-hydrogen) atoms. The summed E-state index contributed by atoms with van der Waals surface area (Å²) in [6.07, 6.45) is 1.35. The zero-order valence-corrected chi connectivity index (χ0v) is 14.9. The molecule has 0 atom stereocenters. The highest BCUT2D eigenvalue weighted by Crippen LogP contribution is 2.17. The molecule has 0 aliphatic rings. The zero-order valence-electron chi connectivity index (χ0n) is 14.0. The van der Waals surface area contributed by atoms with Crippen molar-refractivity contribution in [2.24, 2.45) is 15.7 Å². The number of thiol groups is 1. The topological polar surface area (TPSA) is 100 Å². The smallest absolute Gasteiger partial charge is 0.371 e. The van der Waals surface area contributed by atoms with Crippen molar-refractivity contribution in [2.75, 3.05) is 4.72 Å². The molecule has 2 aromatic carbocycles. The highest BCUT2D eigenvalue weighted by atomic mass is 32.1. The van der Waals surface area contributed by atoms with Crippen molar-refractivity contribution < 1.29 is 9.90 Å². The maximum absolute atomic E-state index is 10.6. The van der Waals surface area contributed by atoms with E-state index in [1.54, 1.807) is 24.3 Å². The molecule has 0 fully saturated rings. The Labute approximate surface area is 153 Å². The van der Waals surface area contributed by atoms with E-state index in [9.17, 15) is 4.79 Å².